The van der Waals surface area contributed by atoms with Crippen LogP contribution in [0.2, 0.25) is 0 Å². The summed E-state index contributed by atoms with van der Waals surface area (Å²) < 4.78 is 10.3. The average Bonchev–Trinajstić information content (AvgIpc) is 3.46. The number of nitrogens with one attached hydrogen (secondary N) is 1. The molecule has 2 aromatic rings. The first-order chi connectivity index (χ1) is 19.2. The highest BCUT2D eigenvalue weighted by Crippen LogP contribution is 2.21. The van der Waals surface area contributed by atoms with Gasteiger partial charge in [0.05, 0.1) is 7.11 Å². The minimum absolute atomic E-state index is 0.105. The number of unbranched alkanes of at least 4 members (excludes halogenated alkanes) is 12. The van der Waals surface area contributed by atoms with Crippen molar-refractivity contribution in [2.75, 3.05) is 18.6 Å². The van der Waals surface area contributed by atoms with E-state index < -0.39 is 5.60 Å². The molecule has 8 nitrogen and oxygen atoms in total. The second-order valence-electron chi connectivity index (χ2n) is 11.4. The molecule has 1 amide bonds. The standard InChI is InChI=1S/C32H49N3O5/c1-32(2,3)40-31(38)35(27-21-19-26(20-22-27)29(37)30-33-23-24-34-30)25-17-15-13-11-9-7-5-6-8-10-12-14-16-18-28(36)39-4/h19-24H,5-18,25H2,1-4H3,(H,33,34). The molecule has 0 atom stereocenters. The Kier molecular flexibility index (Phi) is 15.1. The average molecular weight is 556 g/mol. The second-order valence-corrected chi connectivity index (χ2v) is 11.4. The number of nitrogens with zero attached hydrogens (tertiary/aromatic N) is 2. The zero-order chi connectivity index (χ0) is 29.2. The number of carbonyl (C=O) groups is 3. The van der Waals surface area contributed by atoms with Crippen molar-refractivity contribution in [3.8, 4) is 0 Å². The second kappa shape index (κ2) is 18.2. The summed E-state index contributed by atoms with van der Waals surface area (Å²) in [6, 6.07) is 7.04. The van der Waals surface area contributed by atoms with Crippen molar-refractivity contribution >= 4 is 23.5 Å². The van der Waals surface area contributed by atoms with E-state index in [9.17, 15) is 14.4 Å². The molecular formula is C32H49N3O5. The van der Waals surface area contributed by atoms with Gasteiger partial charge in [0, 0.05) is 36.6 Å². The van der Waals surface area contributed by atoms with Crippen LogP contribution in [0.3, 0.4) is 0 Å². The SMILES string of the molecule is COC(=O)CCCCCCCCCCCCCCCN(C(=O)OC(C)(C)C)c1ccc(C(=O)c2ncc[nH]2)cc1. The largest absolute Gasteiger partial charge is 0.469 e. The lowest BCUT2D eigenvalue weighted by Gasteiger charge is -2.27. The molecule has 0 aliphatic carbocycles. The van der Waals surface area contributed by atoms with E-state index in [1.807, 2.05) is 20.8 Å². The van der Waals surface area contributed by atoms with Crippen LogP contribution in [0.25, 0.3) is 0 Å². The molecule has 1 heterocycles. The fourth-order valence-electron chi connectivity index (χ4n) is 4.55. The Bertz CT molecular complexity index is 997. The summed E-state index contributed by atoms with van der Waals surface area (Å²) in [6.07, 6.45) is 18.5. The maximum atomic E-state index is 13.0. The van der Waals surface area contributed by atoms with Crippen LogP contribution in [0.1, 0.15) is 127 Å². The van der Waals surface area contributed by atoms with Crippen LogP contribution in [0, 0.1) is 0 Å². The molecule has 8 heteroatoms. The van der Waals surface area contributed by atoms with Crippen molar-refractivity contribution < 1.29 is 23.9 Å². The number of hydrogen-bond donors (Lipinski definition) is 1. The first-order valence-electron chi connectivity index (χ1n) is 14.9. The maximum absolute atomic E-state index is 13.0. The summed E-state index contributed by atoms with van der Waals surface area (Å²) >= 11 is 0. The number of imidazole rings is 1. The fourth-order valence-corrected chi connectivity index (χ4v) is 4.55. The van der Waals surface area contributed by atoms with Crippen LogP contribution in [0.4, 0.5) is 10.5 Å². The Labute approximate surface area is 240 Å². The fraction of sp³-hybridized carbons (Fsp3) is 0.625. The number of ketones is 1. The van der Waals surface area contributed by atoms with E-state index in [1.165, 1.54) is 58.5 Å². The molecule has 0 spiro atoms. The van der Waals surface area contributed by atoms with E-state index >= 15 is 0 Å². The van der Waals surface area contributed by atoms with Gasteiger partial charge in [0.1, 0.15) is 5.60 Å². The smallest absolute Gasteiger partial charge is 0.414 e. The number of carbonyl (C=O) groups excluding carboxylic acids is 3. The van der Waals surface area contributed by atoms with Gasteiger partial charge in [-0.2, -0.15) is 0 Å². The number of aromatic nitrogens is 2. The van der Waals surface area contributed by atoms with Gasteiger partial charge < -0.3 is 14.5 Å². The minimum Gasteiger partial charge on any atom is -0.469 e. The van der Waals surface area contributed by atoms with E-state index in [2.05, 4.69) is 14.7 Å². The van der Waals surface area contributed by atoms with Gasteiger partial charge in [-0.25, -0.2) is 9.78 Å². The van der Waals surface area contributed by atoms with Crippen LogP contribution in [0.15, 0.2) is 36.7 Å². The number of H-pyrrole nitrogens is 1. The zero-order valence-corrected chi connectivity index (χ0v) is 25.0. The van der Waals surface area contributed by atoms with Gasteiger partial charge in [0.15, 0.2) is 5.82 Å². The van der Waals surface area contributed by atoms with Crippen LogP contribution in [-0.2, 0) is 14.3 Å². The van der Waals surface area contributed by atoms with Gasteiger partial charge in [0.25, 0.3) is 0 Å². The summed E-state index contributed by atoms with van der Waals surface area (Å²) in [5.74, 6) is -0.0000663. The lowest BCUT2D eigenvalue weighted by molar-refractivity contribution is -0.140. The van der Waals surface area contributed by atoms with Gasteiger partial charge in [0.2, 0.25) is 5.78 Å². The number of anilines is 1. The van der Waals surface area contributed by atoms with Crippen molar-refractivity contribution in [2.24, 2.45) is 0 Å². The van der Waals surface area contributed by atoms with E-state index in [1.54, 1.807) is 41.6 Å². The lowest BCUT2D eigenvalue weighted by Crippen LogP contribution is -2.37. The number of hydrogen-bond acceptors (Lipinski definition) is 6. The molecule has 0 aliphatic rings. The van der Waals surface area contributed by atoms with Crippen molar-refractivity contribution in [2.45, 2.75) is 116 Å². The normalized spacial score (nSPS) is 11.3. The summed E-state index contributed by atoms with van der Waals surface area (Å²) in [7, 11) is 1.44. The highest BCUT2D eigenvalue weighted by atomic mass is 16.6. The molecular weight excluding hydrogens is 506 g/mol. The number of ether oxygens (including phenoxy) is 2. The molecule has 40 heavy (non-hydrogen) atoms. The number of benzene rings is 1. The monoisotopic (exact) mass is 555 g/mol. The van der Waals surface area contributed by atoms with Gasteiger partial charge in [-0.3, -0.25) is 14.5 Å². The van der Waals surface area contributed by atoms with Gasteiger partial charge >= 0.3 is 12.1 Å². The number of methoxy groups -OCH3 is 1. The van der Waals surface area contributed by atoms with Crippen LogP contribution in [0.5, 0.6) is 0 Å². The van der Waals surface area contributed by atoms with Crippen LogP contribution < -0.4 is 4.90 Å². The first-order valence-corrected chi connectivity index (χ1v) is 14.9. The predicted octanol–water partition coefficient (Wildman–Crippen LogP) is 8.02. The quantitative estimate of drug-likeness (QED) is 0.107. The number of rotatable bonds is 19. The lowest BCUT2D eigenvalue weighted by atomic mass is 10.0. The molecule has 222 valence electrons. The van der Waals surface area contributed by atoms with Crippen molar-refractivity contribution in [1.29, 1.82) is 0 Å². The Morgan fingerprint density at radius 2 is 1.32 bits per heavy atom. The third kappa shape index (κ3) is 13.3. The molecule has 0 unspecified atom stereocenters. The summed E-state index contributed by atoms with van der Waals surface area (Å²) in [5.41, 5.74) is 0.641. The van der Waals surface area contributed by atoms with Gasteiger partial charge in [-0.05, 0) is 57.9 Å². The molecule has 0 bridgehead atoms. The Morgan fingerprint density at radius 1 is 0.800 bits per heavy atom. The Balaban J connectivity index is 1.66. The zero-order valence-electron chi connectivity index (χ0n) is 25.0. The van der Waals surface area contributed by atoms with Gasteiger partial charge in [-0.1, -0.05) is 70.6 Å². The van der Waals surface area contributed by atoms with Crippen LogP contribution in [-0.4, -0.2) is 47.1 Å². The topological polar surface area (TPSA) is 102 Å². The van der Waals surface area contributed by atoms with E-state index in [-0.39, 0.29) is 17.8 Å². The van der Waals surface area contributed by atoms with Crippen LogP contribution >= 0.6 is 0 Å². The molecule has 0 saturated carbocycles. The molecule has 1 aromatic carbocycles. The van der Waals surface area contributed by atoms with Gasteiger partial charge in [-0.15, -0.1) is 0 Å². The third-order valence-corrected chi connectivity index (χ3v) is 6.76. The summed E-state index contributed by atoms with van der Waals surface area (Å²) in [5, 5.41) is 0. The van der Waals surface area contributed by atoms with Crippen molar-refractivity contribution in [1.82, 2.24) is 9.97 Å². The maximum Gasteiger partial charge on any atom is 0.414 e. The molecule has 0 aliphatic heterocycles. The Hall–Kier alpha value is -3.16. The third-order valence-electron chi connectivity index (χ3n) is 6.76. The van der Waals surface area contributed by atoms with E-state index in [0.29, 0.717) is 30.0 Å². The Morgan fingerprint density at radius 3 is 1.80 bits per heavy atom. The minimum atomic E-state index is -0.588. The highest BCUT2D eigenvalue weighted by molar-refractivity contribution is 6.06. The molecule has 1 aromatic heterocycles. The molecule has 0 saturated heterocycles. The predicted molar refractivity (Wildman–Crippen MR) is 159 cm³/mol. The molecule has 0 fully saturated rings. The van der Waals surface area contributed by atoms with Crippen molar-refractivity contribution in [3.63, 3.8) is 0 Å². The molecule has 2 rings (SSSR count). The number of aromatic amines is 1. The highest BCUT2D eigenvalue weighted by Gasteiger charge is 2.23. The first kappa shape index (κ1) is 33.0. The molecule has 0 radical (unpaired) electrons. The number of esters is 1. The summed E-state index contributed by atoms with van der Waals surface area (Å²) in [4.78, 5) is 45.1. The van der Waals surface area contributed by atoms with E-state index in [0.717, 1.165) is 32.1 Å². The van der Waals surface area contributed by atoms with E-state index in [4.69, 9.17) is 4.74 Å². The summed E-state index contributed by atoms with van der Waals surface area (Å²) in [6.45, 7) is 6.16. The molecule has 1 N–H and O–H groups in total. The number of amides is 1. The van der Waals surface area contributed by atoms with Crippen molar-refractivity contribution in [3.05, 3.63) is 48.0 Å².